The first-order valence-electron chi connectivity index (χ1n) is 11.5. The van der Waals surface area contributed by atoms with E-state index in [1.54, 1.807) is 0 Å². The van der Waals surface area contributed by atoms with Crippen LogP contribution in [-0.2, 0) is 4.74 Å². The Morgan fingerprint density at radius 2 is 1.66 bits per heavy atom. The second-order valence-corrected chi connectivity index (χ2v) is 8.79. The summed E-state index contributed by atoms with van der Waals surface area (Å²) in [5.41, 5.74) is 3.74. The lowest BCUT2D eigenvalue weighted by atomic mass is 9.95. The molecule has 5 rings (SSSR count). The number of hydrogen-bond acceptors (Lipinski definition) is 4. The molecule has 3 saturated heterocycles. The average Bonchev–Trinajstić information content (AvgIpc) is 3.48. The van der Waals surface area contributed by atoms with Crippen LogP contribution >= 0.6 is 0 Å². The maximum absolute atomic E-state index is 5.85. The van der Waals surface area contributed by atoms with Gasteiger partial charge in [0.1, 0.15) is 6.23 Å². The summed E-state index contributed by atoms with van der Waals surface area (Å²) < 4.78 is 7.84. The van der Waals surface area contributed by atoms with Crippen LogP contribution in [0.4, 0.5) is 5.69 Å². The lowest BCUT2D eigenvalue weighted by molar-refractivity contribution is -0.0394. The number of rotatable bonds is 5. The van der Waals surface area contributed by atoms with Crippen molar-refractivity contribution in [3.05, 3.63) is 43.2 Å². The summed E-state index contributed by atoms with van der Waals surface area (Å²) in [5, 5.41) is 4.55. The Labute approximate surface area is 174 Å². The van der Waals surface area contributed by atoms with Gasteiger partial charge < -0.3 is 9.64 Å². The first-order chi connectivity index (χ1) is 14.3. The molecule has 0 aliphatic carbocycles. The highest BCUT2D eigenvalue weighted by molar-refractivity contribution is 5.65. The second kappa shape index (κ2) is 8.88. The Balaban J connectivity index is 1.17. The molecule has 0 N–H and O–H groups in total. The van der Waals surface area contributed by atoms with Crippen molar-refractivity contribution in [2.45, 2.75) is 51.2 Å². The van der Waals surface area contributed by atoms with Crippen molar-refractivity contribution in [1.82, 2.24) is 14.7 Å². The van der Waals surface area contributed by atoms with Crippen molar-refractivity contribution in [2.24, 2.45) is 5.92 Å². The van der Waals surface area contributed by atoms with Crippen molar-refractivity contribution in [3.63, 3.8) is 0 Å². The zero-order valence-electron chi connectivity index (χ0n) is 17.4. The molecule has 1 unspecified atom stereocenters. The monoisotopic (exact) mass is 393 g/mol. The minimum atomic E-state index is 0.107. The summed E-state index contributed by atoms with van der Waals surface area (Å²) in [6.45, 7) is 8.23. The zero-order valence-corrected chi connectivity index (χ0v) is 17.4. The normalized spacial score (nSPS) is 24.3. The predicted octanol–water partition coefficient (Wildman–Crippen LogP) is 4.72. The van der Waals surface area contributed by atoms with Crippen molar-refractivity contribution in [1.29, 1.82) is 0 Å². The molecule has 3 aliphatic heterocycles. The van der Waals surface area contributed by atoms with Crippen LogP contribution < -0.4 is 4.90 Å². The fourth-order valence-electron chi connectivity index (χ4n) is 4.94. The Morgan fingerprint density at radius 3 is 2.38 bits per heavy atom. The van der Waals surface area contributed by atoms with E-state index >= 15 is 0 Å². The number of likely N-dealkylation sites (tertiary alicyclic amines) is 1. The average molecular weight is 394 g/mol. The van der Waals surface area contributed by atoms with E-state index in [4.69, 9.17) is 4.74 Å². The van der Waals surface area contributed by atoms with Gasteiger partial charge in [-0.1, -0.05) is 12.1 Å². The fraction of sp³-hybridized carbons (Fsp3) is 0.583. The Morgan fingerprint density at radius 1 is 0.862 bits per heavy atom. The van der Waals surface area contributed by atoms with E-state index in [-0.39, 0.29) is 6.23 Å². The summed E-state index contributed by atoms with van der Waals surface area (Å²) in [7, 11) is 0. The molecule has 1 atom stereocenters. The number of benzene rings is 1. The second-order valence-electron chi connectivity index (χ2n) is 8.79. The summed E-state index contributed by atoms with van der Waals surface area (Å²) in [5.74, 6) is 0.761. The van der Waals surface area contributed by atoms with Crippen molar-refractivity contribution < 1.29 is 4.74 Å². The van der Waals surface area contributed by atoms with Crippen molar-refractivity contribution in [3.8, 4) is 11.1 Å². The van der Waals surface area contributed by atoms with Gasteiger partial charge in [-0.05, 0) is 81.6 Å². The number of anilines is 1. The Hall–Kier alpha value is -1.85. The molecule has 3 fully saturated rings. The van der Waals surface area contributed by atoms with E-state index in [2.05, 4.69) is 51.9 Å². The molecule has 1 aromatic carbocycles. The minimum absolute atomic E-state index is 0.107. The number of nitrogens with zero attached hydrogens (tertiary/aromatic N) is 4. The van der Waals surface area contributed by atoms with E-state index < -0.39 is 0 Å². The third-order valence-electron chi connectivity index (χ3n) is 6.72. The van der Waals surface area contributed by atoms with Crippen molar-refractivity contribution in [2.75, 3.05) is 37.7 Å². The van der Waals surface area contributed by atoms with Gasteiger partial charge in [-0.2, -0.15) is 5.10 Å². The molecule has 5 nitrogen and oxygen atoms in total. The van der Waals surface area contributed by atoms with Gasteiger partial charge in [-0.25, -0.2) is 4.68 Å². The SMILES string of the molecule is [CH](C1CCN(c2ccc(-c3cnn(C4CCCCO4)c3)cc2)CC1)N1CCCC1. The molecule has 5 heteroatoms. The van der Waals surface area contributed by atoms with Crippen LogP contribution in [0.25, 0.3) is 11.1 Å². The van der Waals surface area contributed by atoms with Gasteiger partial charge in [0.2, 0.25) is 0 Å². The molecular weight excluding hydrogens is 360 g/mol. The Kier molecular flexibility index (Phi) is 5.86. The van der Waals surface area contributed by atoms with Gasteiger partial charge in [-0.15, -0.1) is 0 Å². The maximum atomic E-state index is 5.85. The highest BCUT2D eigenvalue weighted by Gasteiger charge is 2.23. The molecule has 4 heterocycles. The van der Waals surface area contributed by atoms with E-state index in [0.29, 0.717) is 0 Å². The third-order valence-corrected chi connectivity index (χ3v) is 6.72. The van der Waals surface area contributed by atoms with Crippen molar-refractivity contribution >= 4 is 5.69 Å². The molecule has 2 aromatic rings. The zero-order chi connectivity index (χ0) is 19.5. The molecular formula is C24H33N4O. The maximum Gasteiger partial charge on any atom is 0.150 e. The van der Waals surface area contributed by atoms with Gasteiger partial charge in [-0.3, -0.25) is 4.90 Å². The van der Waals surface area contributed by atoms with E-state index in [0.717, 1.165) is 32.0 Å². The predicted molar refractivity (Wildman–Crippen MR) is 117 cm³/mol. The van der Waals surface area contributed by atoms with Crippen LogP contribution in [0.5, 0.6) is 0 Å². The van der Waals surface area contributed by atoms with Crippen LogP contribution in [0.1, 0.15) is 51.2 Å². The standard InChI is InChI=1S/C24H33N4O/c1-4-16-29-24(5-1)28-19-22(17-25-28)21-6-8-23(9-7-21)27-14-10-20(11-15-27)18-26-12-2-3-13-26/h6-9,17-20,24H,1-5,10-16H2. The van der Waals surface area contributed by atoms with Crippen LogP contribution in [-0.4, -0.2) is 47.5 Å². The van der Waals surface area contributed by atoms with E-state index in [1.807, 2.05) is 10.9 Å². The summed E-state index contributed by atoms with van der Waals surface area (Å²) in [6.07, 6.45) is 12.9. The number of piperidine rings is 1. The highest BCUT2D eigenvalue weighted by Crippen LogP contribution is 2.30. The lowest BCUT2D eigenvalue weighted by Crippen LogP contribution is -2.35. The Bertz CT molecular complexity index is 766. The molecule has 0 saturated carbocycles. The largest absolute Gasteiger partial charge is 0.372 e. The van der Waals surface area contributed by atoms with Crippen LogP contribution in [0.2, 0.25) is 0 Å². The molecule has 29 heavy (non-hydrogen) atoms. The summed E-state index contributed by atoms with van der Waals surface area (Å²) >= 11 is 0. The number of hydrogen-bond donors (Lipinski definition) is 0. The van der Waals surface area contributed by atoms with Gasteiger partial charge in [0.15, 0.2) is 0 Å². The van der Waals surface area contributed by atoms with Crippen LogP contribution in [0.3, 0.4) is 0 Å². The minimum Gasteiger partial charge on any atom is -0.372 e. The van der Waals surface area contributed by atoms with Crippen LogP contribution in [0, 0.1) is 12.5 Å². The smallest absolute Gasteiger partial charge is 0.150 e. The first kappa shape index (κ1) is 19.1. The van der Waals surface area contributed by atoms with E-state index in [1.165, 1.54) is 68.4 Å². The fourth-order valence-corrected chi connectivity index (χ4v) is 4.94. The summed E-state index contributed by atoms with van der Waals surface area (Å²) in [4.78, 5) is 5.09. The molecule has 3 aliphatic rings. The molecule has 0 amide bonds. The molecule has 0 spiro atoms. The van der Waals surface area contributed by atoms with Gasteiger partial charge in [0.25, 0.3) is 0 Å². The summed E-state index contributed by atoms with van der Waals surface area (Å²) in [6, 6.07) is 9.02. The highest BCUT2D eigenvalue weighted by atomic mass is 16.5. The number of aromatic nitrogens is 2. The molecule has 0 bridgehead atoms. The third kappa shape index (κ3) is 4.51. The lowest BCUT2D eigenvalue weighted by Gasteiger charge is -2.35. The number of ether oxygens (including phenoxy) is 1. The molecule has 1 radical (unpaired) electrons. The molecule has 1 aromatic heterocycles. The molecule has 155 valence electrons. The van der Waals surface area contributed by atoms with Gasteiger partial charge >= 0.3 is 0 Å². The first-order valence-corrected chi connectivity index (χ1v) is 11.5. The quantitative estimate of drug-likeness (QED) is 0.736. The topological polar surface area (TPSA) is 33.5 Å². The van der Waals surface area contributed by atoms with Crippen LogP contribution in [0.15, 0.2) is 36.7 Å². The van der Waals surface area contributed by atoms with E-state index in [9.17, 15) is 0 Å². The van der Waals surface area contributed by atoms with Gasteiger partial charge in [0.05, 0.1) is 6.20 Å². The van der Waals surface area contributed by atoms with Gasteiger partial charge in [0, 0.05) is 43.7 Å².